The van der Waals surface area contributed by atoms with E-state index in [0.717, 1.165) is 0 Å². The van der Waals surface area contributed by atoms with Crippen LogP contribution >= 0.6 is 23.2 Å². The Morgan fingerprint density at radius 2 is 2.12 bits per heavy atom. The number of hydrogen-bond acceptors (Lipinski definition) is 4. The van der Waals surface area contributed by atoms with E-state index in [4.69, 9.17) is 32.7 Å². The molecular formula is C10H12Cl2N2O3. The first-order valence-electron chi connectivity index (χ1n) is 4.80. The second kappa shape index (κ2) is 6.64. The molecule has 1 N–H and O–H groups in total. The first-order chi connectivity index (χ1) is 8.04. The highest BCUT2D eigenvalue weighted by Crippen LogP contribution is 2.30. The van der Waals surface area contributed by atoms with Gasteiger partial charge in [-0.25, -0.2) is 0 Å². The maximum absolute atomic E-state index is 10.9. The average molecular weight is 279 g/mol. The zero-order valence-electron chi connectivity index (χ0n) is 9.42. The zero-order chi connectivity index (χ0) is 12.8. The molecule has 7 heteroatoms. The monoisotopic (exact) mass is 278 g/mol. The van der Waals surface area contributed by atoms with Crippen molar-refractivity contribution in [1.29, 1.82) is 0 Å². The van der Waals surface area contributed by atoms with Crippen LogP contribution in [0.1, 0.15) is 6.92 Å². The minimum absolute atomic E-state index is 0.205. The number of aromatic nitrogens is 1. The summed E-state index contributed by atoms with van der Waals surface area (Å²) in [7, 11) is 1.56. The van der Waals surface area contributed by atoms with Crippen LogP contribution in [0.3, 0.4) is 0 Å². The Morgan fingerprint density at radius 3 is 2.71 bits per heavy atom. The highest BCUT2D eigenvalue weighted by atomic mass is 35.5. The maximum atomic E-state index is 10.9. The summed E-state index contributed by atoms with van der Waals surface area (Å²) in [6.45, 7) is 2.08. The third kappa shape index (κ3) is 4.38. The van der Waals surface area contributed by atoms with Crippen LogP contribution in [0.15, 0.2) is 6.07 Å². The van der Waals surface area contributed by atoms with Gasteiger partial charge in [-0.15, -0.1) is 0 Å². The first kappa shape index (κ1) is 14.0. The fourth-order valence-corrected chi connectivity index (χ4v) is 1.49. The van der Waals surface area contributed by atoms with Crippen LogP contribution in [0, 0.1) is 0 Å². The summed E-state index contributed by atoms with van der Waals surface area (Å²) in [4.78, 5) is 14.9. The quantitative estimate of drug-likeness (QED) is 0.840. The predicted octanol–water partition coefficient (Wildman–Crippen LogP) is 2.37. The molecule has 0 bridgehead atoms. The fraction of sp³-hybridized carbons (Fsp3) is 0.400. The van der Waals surface area contributed by atoms with Crippen LogP contribution in [-0.2, 0) is 9.53 Å². The van der Waals surface area contributed by atoms with E-state index in [-0.39, 0.29) is 27.7 Å². The van der Waals surface area contributed by atoms with Gasteiger partial charge >= 0.3 is 0 Å². The molecule has 1 aromatic heterocycles. The van der Waals surface area contributed by atoms with Gasteiger partial charge in [0.1, 0.15) is 11.6 Å². The van der Waals surface area contributed by atoms with E-state index in [1.165, 1.54) is 13.0 Å². The summed E-state index contributed by atoms with van der Waals surface area (Å²) in [5, 5.41) is 3.01. The smallest absolute Gasteiger partial charge is 0.234 e. The number of anilines is 1. The average Bonchev–Trinajstić information content (AvgIpc) is 2.24. The van der Waals surface area contributed by atoms with E-state index in [9.17, 15) is 4.79 Å². The number of methoxy groups -OCH3 is 1. The van der Waals surface area contributed by atoms with Gasteiger partial charge in [0.25, 0.3) is 0 Å². The molecule has 94 valence electrons. The van der Waals surface area contributed by atoms with Crippen molar-refractivity contribution in [3.8, 4) is 5.88 Å². The van der Waals surface area contributed by atoms with Crippen LogP contribution in [0.25, 0.3) is 0 Å². The molecule has 0 atom stereocenters. The minimum atomic E-state index is -0.274. The second-order valence-corrected chi connectivity index (χ2v) is 3.94. The lowest BCUT2D eigenvalue weighted by Gasteiger charge is -2.10. The minimum Gasteiger partial charge on any atom is -0.474 e. The molecule has 17 heavy (non-hydrogen) atoms. The second-order valence-electron chi connectivity index (χ2n) is 3.13. The predicted molar refractivity (Wildman–Crippen MR) is 65.9 cm³/mol. The summed E-state index contributed by atoms with van der Waals surface area (Å²) < 4.78 is 10.1. The summed E-state index contributed by atoms with van der Waals surface area (Å²) in [5.41, 5.74) is 0. The van der Waals surface area contributed by atoms with E-state index in [1.807, 2.05) is 0 Å². The molecule has 0 aliphatic rings. The van der Waals surface area contributed by atoms with Gasteiger partial charge in [-0.05, 0) is 6.07 Å². The number of ether oxygens (including phenoxy) is 2. The Balaban J connectivity index is 2.85. The molecule has 5 nitrogen and oxygen atoms in total. The topological polar surface area (TPSA) is 60.5 Å². The third-order valence-electron chi connectivity index (χ3n) is 1.72. The van der Waals surface area contributed by atoms with E-state index in [1.54, 1.807) is 7.11 Å². The van der Waals surface area contributed by atoms with Crippen molar-refractivity contribution < 1.29 is 14.3 Å². The van der Waals surface area contributed by atoms with Crippen LogP contribution in [0.2, 0.25) is 10.0 Å². The van der Waals surface area contributed by atoms with Crippen LogP contribution < -0.4 is 10.1 Å². The van der Waals surface area contributed by atoms with Crippen molar-refractivity contribution in [3.63, 3.8) is 0 Å². The molecule has 0 spiro atoms. The number of amides is 1. The molecule has 1 aromatic rings. The molecule has 0 unspecified atom stereocenters. The molecule has 1 rings (SSSR count). The molecule has 0 fully saturated rings. The van der Waals surface area contributed by atoms with Crippen molar-refractivity contribution in [3.05, 3.63) is 16.1 Å². The molecule has 0 aliphatic heterocycles. The van der Waals surface area contributed by atoms with E-state index in [0.29, 0.717) is 13.2 Å². The van der Waals surface area contributed by atoms with Crippen molar-refractivity contribution in [2.24, 2.45) is 0 Å². The number of pyridine rings is 1. The summed E-state index contributed by atoms with van der Waals surface area (Å²) >= 11 is 11.8. The Kier molecular flexibility index (Phi) is 5.47. The molecule has 0 aliphatic carbocycles. The van der Waals surface area contributed by atoms with Gasteiger partial charge < -0.3 is 14.8 Å². The Bertz CT molecular complexity index is 413. The fourth-order valence-electron chi connectivity index (χ4n) is 1.03. The molecule has 0 saturated carbocycles. The Labute approximate surface area is 109 Å². The molecule has 0 radical (unpaired) electrons. The van der Waals surface area contributed by atoms with E-state index < -0.39 is 0 Å². The summed E-state index contributed by atoms with van der Waals surface area (Å²) in [5.74, 6) is 0.150. The maximum Gasteiger partial charge on any atom is 0.234 e. The van der Waals surface area contributed by atoms with Gasteiger partial charge in [0.15, 0.2) is 5.82 Å². The van der Waals surface area contributed by atoms with Crippen molar-refractivity contribution in [2.45, 2.75) is 6.92 Å². The Hall–Kier alpha value is -1.04. The van der Waals surface area contributed by atoms with E-state index in [2.05, 4.69) is 10.3 Å². The lowest BCUT2D eigenvalue weighted by Crippen LogP contribution is -2.10. The summed E-state index contributed by atoms with van der Waals surface area (Å²) in [6, 6.07) is 1.46. The highest BCUT2D eigenvalue weighted by molar-refractivity contribution is 6.37. The van der Waals surface area contributed by atoms with Crippen LogP contribution in [-0.4, -0.2) is 31.2 Å². The van der Waals surface area contributed by atoms with Gasteiger partial charge in [0, 0.05) is 14.0 Å². The van der Waals surface area contributed by atoms with Crippen molar-refractivity contribution >= 4 is 34.9 Å². The summed E-state index contributed by atoms with van der Waals surface area (Å²) in [6.07, 6.45) is 0. The van der Waals surface area contributed by atoms with E-state index >= 15 is 0 Å². The van der Waals surface area contributed by atoms with Crippen LogP contribution in [0.5, 0.6) is 5.88 Å². The Morgan fingerprint density at radius 1 is 1.41 bits per heavy atom. The molecule has 0 aromatic carbocycles. The lowest BCUT2D eigenvalue weighted by molar-refractivity contribution is -0.114. The normalized spacial score (nSPS) is 10.1. The van der Waals surface area contributed by atoms with Gasteiger partial charge in [-0.1, -0.05) is 23.2 Å². The number of halogens is 2. The van der Waals surface area contributed by atoms with Gasteiger partial charge in [0.2, 0.25) is 11.8 Å². The molecular weight excluding hydrogens is 267 g/mol. The van der Waals surface area contributed by atoms with Crippen LogP contribution in [0.4, 0.5) is 5.82 Å². The van der Waals surface area contributed by atoms with Gasteiger partial charge in [0.05, 0.1) is 11.6 Å². The number of hydrogen-bond donors (Lipinski definition) is 1. The zero-order valence-corrected chi connectivity index (χ0v) is 10.9. The molecule has 1 heterocycles. The number of nitrogens with one attached hydrogen (secondary N) is 1. The first-order valence-corrected chi connectivity index (χ1v) is 5.55. The van der Waals surface area contributed by atoms with Gasteiger partial charge in [-0.2, -0.15) is 4.98 Å². The third-order valence-corrected chi connectivity index (χ3v) is 2.28. The highest BCUT2D eigenvalue weighted by Gasteiger charge is 2.11. The number of rotatable bonds is 5. The van der Waals surface area contributed by atoms with Crippen molar-refractivity contribution in [1.82, 2.24) is 4.98 Å². The van der Waals surface area contributed by atoms with Crippen molar-refractivity contribution in [2.75, 3.05) is 25.6 Å². The SMILES string of the molecule is COCCOc1nc(NC(C)=O)c(Cl)cc1Cl. The molecule has 0 saturated heterocycles. The number of nitrogens with zero attached hydrogens (tertiary/aromatic N) is 1. The lowest BCUT2D eigenvalue weighted by atomic mass is 10.4. The standard InChI is InChI=1S/C10H12Cl2N2O3/c1-6(15)13-9-7(11)5-8(12)10(14-9)17-4-3-16-2/h5H,3-4H2,1-2H3,(H,13,14,15). The molecule has 1 amide bonds. The largest absolute Gasteiger partial charge is 0.474 e. The number of carbonyl (C=O) groups excluding carboxylic acids is 1. The number of carbonyl (C=O) groups is 1. The van der Waals surface area contributed by atoms with Gasteiger partial charge in [-0.3, -0.25) is 4.79 Å².